The van der Waals surface area contributed by atoms with Crippen LogP contribution in [0.15, 0.2) is 68.8 Å². The number of sulfone groups is 2. The van der Waals surface area contributed by atoms with Gasteiger partial charge in [0.05, 0.1) is 20.8 Å². The Kier molecular flexibility index (Phi) is 6.56. The number of hydrogen-bond acceptors (Lipinski definition) is 8. The molecule has 0 aliphatic heterocycles. The number of anilines is 1. The van der Waals surface area contributed by atoms with E-state index >= 15 is 0 Å². The molecule has 9 nitrogen and oxygen atoms in total. The van der Waals surface area contributed by atoms with Crippen LogP contribution in [0.1, 0.15) is 20.3 Å². The molecule has 0 unspecified atom stereocenters. The van der Waals surface area contributed by atoms with Crippen molar-refractivity contribution >= 4 is 31.6 Å². The van der Waals surface area contributed by atoms with Crippen LogP contribution in [-0.4, -0.2) is 43.9 Å². The summed E-state index contributed by atoms with van der Waals surface area (Å²) in [4.78, 5) is 12.4. The molecule has 1 aromatic heterocycles. The lowest BCUT2D eigenvalue weighted by Gasteiger charge is -2.08. The van der Waals surface area contributed by atoms with E-state index in [2.05, 4.69) is 15.5 Å². The van der Waals surface area contributed by atoms with Crippen molar-refractivity contribution in [1.82, 2.24) is 10.2 Å². The molecule has 1 heterocycles. The number of nitrogens with zero attached hydrogens (tertiary/aromatic N) is 2. The van der Waals surface area contributed by atoms with E-state index in [1.165, 1.54) is 24.3 Å². The molecule has 164 valence electrons. The average molecular weight is 464 g/mol. The van der Waals surface area contributed by atoms with Crippen molar-refractivity contribution in [3.05, 3.63) is 54.6 Å². The predicted molar refractivity (Wildman–Crippen MR) is 114 cm³/mol. The fourth-order valence-electron chi connectivity index (χ4n) is 2.62. The summed E-state index contributed by atoms with van der Waals surface area (Å²) < 4.78 is 54.6. The maximum Gasteiger partial charge on any atom is 0.322 e. The Morgan fingerprint density at radius 3 is 2.32 bits per heavy atom. The van der Waals surface area contributed by atoms with Crippen LogP contribution in [0.5, 0.6) is 0 Å². The molecule has 0 aliphatic carbocycles. The van der Waals surface area contributed by atoms with Gasteiger partial charge in [0.2, 0.25) is 11.8 Å². The lowest BCUT2D eigenvalue weighted by molar-refractivity contribution is -0.115. The summed E-state index contributed by atoms with van der Waals surface area (Å²) in [6.45, 7) is 3.17. The van der Waals surface area contributed by atoms with Gasteiger partial charge in [-0.3, -0.25) is 10.1 Å². The monoisotopic (exact) mass is 463 g/mol. The van der Waals surface area contributed by atoms with Crippen LogP contribution in [0.3, 0.4) is 0 Å². The summed E-state index contributed by atoms with van der Waals surface area (Å²) in [5, 5.41) is 9.30. The highest BCUT2D eigenvalue weighted by Crippen LogP contribution is 2.25. The second kappa shape index (κ2) is 8.98. The van der Waals surface area contributed by atoms with Gasteiger partial charge in [0, 0.05) is 12.0 Å². The van der Waals surface area contributed by atoms with Gasteiger partial charge in [-0.25, -0.2) is 16.8 Å². The largest absolute Gasteiger partial charge is 0.403 e. The first-order valence-electron chi connectivity index (χ1n) is 9.35. The zero-order valence-corrected chi connectivity index (χ0v) is 18.5. The minimum Gasteiger partial charge on any atom is -0.403 e. The molecular formula is C20H21N3O6S2. The Morgan fingerprint density at radius 1 is 0.968 bits per heavy atom. The number of carbonyl (C=O) groups is 1. The van der Waals surface area contributed by atoms with Crippen molar-refractivity contribution in [2.75, 3.05) is 11.1 Å². The summed E-state index contributed by atoms with van der Waals surface area (Å²) in [7, 11) is -7.08. The molecule has 0 saturated carbocycles. The van der Waals surface area contributed by atoms with Crippen LogP contribution < -0.4 is 5.32 Å². The maximum atomic E-state index is 12.3. The molecule has 11 heteroatoms. The Balaban J connectivity index is 1.67. The van der Waals surface area contributed by atoms with E-state index in [1.807, 2.05) is 0 Å². The van der Waals surface area contributed by atoms with Gasteiger partial charge in [-0.1, -0.05) is 29.4 Å². The van der Waals surface area contributed by atoms with E-state index in [4.69, 9.17) is 4.42 Å². The quantitative estimate of drug-likeness (QED) is 0.538. The molecule has 2 aromatic carbocycles. The van der Waals surface area contributed by atoms with Crippen LogP contribution in [0, 0.1) is 0 Å². The molecule has 0 atom stereocenters. The average Bonchev–Trinajstić information content (AvgIpc) is 3.21. The van der Waals surface area contributed by atoms with Crippen LogP contribution in [0.25, 0.3) is 11.5 Å². The Morgan fingerprint density at radius 2 is 1.65 bits per heavy atom. The van der Waals surface area contributed by atoms with Crippen molar-refractivity contribution in [2.45, 2.75) is 35.3 Å². The fraction of sp³-hybridized carbons (Fsp3) is 0.250. The van der Waals surface area contributed by atoms with Gasteiger partial charge in [0.25, 0.3) is 0 Å². The lowest BCUT2D eigenvalue weighted by Crippen LogP contribution is -2.17. The zero-order chi connectivity index (χ0) is 22.6. The molecule has 3 rings (SSSR count). The fourth-order valence-corrected chi connectivity index (χ4v) is 4.99. The standard InChI is InChI=1S/C20H21N3O6S2/c1-14(2)31(27,28)17-10-6-7-15(13-17)19-22-23-20(29-19)21-18(24)11-12-30(25,26)16-8-4-3-5-9-16/h3-10,13-14H,11-12H2,1-2H3,(H,21,23,24). The smallest absolute Gasteiger partial charge is 0.322 e. The molecule has 0 aliphatic rings. The first kappa shape index (κ1) is 22.6. The zero-order valence-electron chi connectivity index (χ0n) is 16.8. The van der Waals surface area contributed by atoms with Crippen molar-refractivity contribution < 1.29 is 26.0 Å². The Bertz CT molecular complexity index is 1280. The molecule has 0 saturated heterocycles. The highest BCUT2D eigenvalue weighted by molar-refractivity contribution is 7.92. The van der Waals surface area contributed by atoms with Crippen LogP contribution in [0.4, 0.5) is 6.01 Å². The van der Waals surface area contributed by atoms with Crippen molar-refractivity contribution in [3.63, 3.8) is 0 Å². The number of amides is 1. The van der Waals surface area contributed by atoms with E-state index < -0.39 is 30.8 Å². The van der Waals surface area contributed by atoms with Gasteiger partial charge in [0.1, 0.15) is 0 Å². The third-order valence-electron chi connectivity index (χ3n) is 4.40. The normalized spacial score (nSPS) is 12.1. The van der Waals surface area contributed by atoms with E-state index in [0.29, 0.717) is 5.56 Å². The minimum atomic E-state index is -3.60. The van der Waals surface area contributed by atoms with Crippen LogP contribution in [-0.2, 0) is 24.5 Å². The molecule has 31 heavy (non-hydrogen) atoms. The van der Waals surface area contributed by atoms with Gasteiger partial charge in [0.15, 0.2) is 19.7 Å². The summed E-state index contributed by atoms with van der Waals surface area (Å²) >= 11 is 0. The second-order valence-electron chi connectivity index (χ2n) is 6.96. The van der Waals surface area contributed by atoms with Crippen molar-refractivity contribution in [3.8, 4) is 11.5 Å². The molecule has 0 spiro atoms. The molecule has 3 aromatic rings. The number of nitrogens with one attached hydrogen (secondary N) is 1. The van der Waals surface area contributed by atoms with E-state index in [-0.39, 0.29) is 33.9 Å². The lowest BCUT2D eigenvalue weighted by atomic mass is 10.2. The molecular weight excluding hydrogens is 442 g/mol. The highest BCUT2D eigenvalue weighted by Gasteiger charge is 2.21. The molecule has 0 radical (unpaired) electrons. The van der Waals surface area contributed by atoms with Crippen molar-refractivity contribution in [1.29, 1.82) is 0 Å². The molecule has 0 bridgehead atoms. The van der Waals surface area contributed by atoms with Crippen LogP contribution in [0.2, 0.25) is 0 Å². The van der Waals surface area contributed by atoms with Gasteiger partial charge in [-0.2, -0.15) is 0 Å². The molecule has 1 N–H and O–H groups in total. The first-order chi connectivity index (χ1) is 14.6. The van der Waals surface area contributed by atoms with E-state index in [9.17, 15) is 21.6 Å². The van der Waals surface area contributed by atoms with Crippen LogP contribution >= 0.6 is 0 Å². The topological polar surface area (TPSA) is 136 Å². The highest BCUT2D eigenvalue weighted by atomic mass is 32.2. The number of hydrogen-bond donors (Lipinski definition) is 1. The Labute approximate surface area is 180 Å². The summed E-state index contributed by atoms with van der Waals surface area (Å²) in [6, 6.07) is 13.7. The summed E-state index contributed by atoms with van der Waals surface area (Å²) in [5.74, 6) is -0.960. The number of aromatic nitrogens is 2. The van der Waals surface area contributed by atoms with Gasteiger partial charge in [-0.15, -0.1) is 5.10 Å². The van der Waals surface area contributed by atoms with Gasteiger partial charge in [-0.05, 0) is 44.2 Å². The van der Waals surface area contributed by atoms with Crippen molar-refractivity contribution in [2.24, 2.45) is 0 Å². The minimum absolute atomic E-state index is 0.0213. The number of rotatable bonds is 8. The third kappa shape index (κ3) is 5.36. The summed E-state index contributed by atoms with van der Waals surface area (Å²) in [5.41, 5.74) is 0.376. The SMILES string of the molecule is CC(C)S(=O)(=O)c1cccc(-c2nnc(NC(=O)CCS(=O)(=O)c3ccccc3)o2)c1. The second-order valence-corrected chi connectivity index (χ2v) is 11.6. The first-order valence-corrected chi connectivity index (χ1v) is 12.5. The number of carbonyl (C=O) groups excluding carboxylic acids is 1. The maximum absolute atomic E-state index is 12.3. The molecule has 0 fully saturated rings. The van der Waals surface area contributed by atoms with Gasteiger partial charge >= 0.3 is 6.01 Å². The number of benzene rings is 2. The third-order valence-corrected chi connectivity index (χ3v) is 8.29. The Hall–Kier alpha value is -3.05. The van der Waals surface area contributed by atoms with E-state index in [1.54, 1.807) is 44.2 Å². The van der Waals surface area contributed by atoms with Gasteiger partial charge < -0.3 is 4.42 Å². The predicted octanol–water partition coefficient (Wildman–Crippen LogP) is 2.72. The van der Waals surface area contributed by atoms with E-state index in [0.717, 1.165) is 0 Å². The summed E-state index contributed by atoms with van der Waals surface area (Å²) in [6.07, 6.45) is -0.295. The molecule has 1 amide bonds.